The number of fused-ring (bicyclic) bond motifs is 3. The molecule has 0 bridgehead atoms. The van der Waals surface area contributed by atoms with Crippen LogP contribution in [0, 0.1) is 0 Å². The van der Waals surface area contributed by atoms with Crippen molar-refractivity contribution in [2.45, 2.75) is 91.9 Å². The number of rotatable bonds is 22. The minimum atomic E-state index is -0.429. The van der Waals surface area contributed by atoms with E-state index in [1.54, 1.807) is 30.3 Å². The summed E-state index contributed by atoms with van der Waals surface area (Å²) in [6.07, 6.45) is 10.9. The Morgan fingerprint density at radius 3 is 1.47 bits per heavy atom. The van der Waals surface area contributed by atoms with E-state index in [0.29, 0.717) is 40.6 Å². The molecule has 0 atom stereocenters. The Morgan fingerprint density at radius 2 is 1.00 bits per heavy atom. The van der Waals surface area contributed by atoms with Crippen LogP contribution in [-0.2, 0) is 9.47 Å². The summed E-state index contributed by atoms with van der Waals surface area (Å²) in [6, 6.07) is 10.3. The summed E-state index contributed by atoms with van der Waals surface area (Å²) >= 11 is 0. The number of benzene rings is 2. The Bertz CT molecular complexity index is 1390. The smallest absolute Gasteiger partial charge is 0.338 e. The van der Waals surface area contributed by atoms with Gasteiger partial charge in [-0.2, -0.15) is 0 Å². The van der Waals surface area contributed by atoms with Gasteiger partial charge in [0.1, 0.15) is 0 Å². The lowest BCUT2D eigenvalue weighted by Gasteiger charge is -2.21. The predicted octanol–water partition coefficient (Wildman–Crippen LogP) is 7.58. The van der Waals surface area contributed by atoms with Gasteiger partial charge in [0.05, 0.1) is 24.3 Å². The average molecular weight is 622 g/mol. The van der Waals surface area contributed by atoms with Gasteiger partial charge < -0.3 is 24.3 Å². The number of nitrogens with one attached hydrogen (secondary N) is 1. The first kappa shape index (κ1) is 36.2. The summed E-state index contributed by atoms with van der Waals surface area (Å²) in [5, 5.41) is 1.92. The zero-order chi connectivity index (χ0) is 32.4. The monoisotopic (exact) mass is 621 g/mol. The number of hydrogen-bond donors (Lipinski definition) is 1. The van der Waals surface area contributed by atoms with E-state index in [9.17, 15) is 14.4 Å². The van der Waals surface area contributed by atoms with Crippen molar-refractivity contribution in [3.63, 3.8) is 0 Å². The summed E-state index contributed by atoms with van der Waals surface area (Å²) in [5.74, 6) is -0.828. The third-order valence-corrected chi connectivity index (χ3v) is 8.31. The van der Waals surface area contributed by atoms with Crippen molar-refractivity contribution in [2.24, 2.45) is 0 Å². The molecule has 3 aromatic rings. The van der Waals surface area contributed by atoms with Crippen molar-refractivity contribution in [1.29, 1.82) is 0 Å². The van der Waals surface area contributed by atoms with E-state index in [0.717, 1.165) is 57.5 Å². The number of aromatic amines is 1. The minimum absolute atomic E-state index is 0.320. The molecule has 0 aliphatic heterocycles. The molecule has 0 aliphatic rings. The van der Waals surface area contributed by atoms with Crippen LogP contribution in [0.25, 0.3) is 21.7 Å². The van der Waals surface area contributed by atoms with E-state index in [4.69, 9.17) is 9.47 Å². The lowest BCUT2D eigenvalue weighted by Crippen LogP contribution is -2.28. The third-order valence-electron chi connectivity index (χ3n) is 8.31. The molecule has 0 saturated carbocycles. The standard InChI is InChI=1S/C37H55N3O5/c1-5-9-19-39(20-10-6-2)23-13-25-44-36(42)29-15-17-31-32-18-16-30(28-34(32)38-35(41)33(31)27-29)37(43)45-26-14-24-40(21-11-7-3)22-12-8-4/h15-18,27-28H,5-14,19-26H2,1-4H3,(H,38,41). The van der Waals surface area contributed by atoms with Crippen LogP contribution in [0.1, 0.15) is 113 Å². The van der Waals surface area contributed by atoms with Gasteiger partial charge in [0.25, 0.3) is 5.56 Å². The van der Waals surface area contributed by atoms with Crippen LogP contribution in [-0.4, -0.2) is 79.2 Å². The Kier molecular flexibility index (Phi) is 16.1. The van der Waals surface area contributed by atoms with Gasteiger partial charge in [-0.3, -0.25) is 4.79 Å². The van der Waals surface area contributed by atoms with Gasteiger partial charge in [-0.1, -0.05) is 65.5 Å². The maximum Gasteiger partial charge on any atom is 0.338 e. The van der Waals surface area contributed by atoms with Crippen molar-refractivity contribution in [2.75, 3.05) is 52.5 Å². The zero-order valence-electron chi connectivity index (χ0n) is 28.1. The van der Waals surface area contributed by atoms with Crippen molar-refractivity contribution in [3.05, 3.63) is 57.9 Å². The molecule has 1 heterocycles. The van der Waals surface area contributed by atoms with Crippen LogP contribution >= 0.6 is 0 Å². The molecule has 0 unspecified atom stereocenters. The number of esters is 2. The molecule has 45 heavy (non-hydrogen) atoms. The van der Waals surface area contributed by atoms with E-state index >= 15 is 0 Å². The number of nitrogens with zero attached hydrogens (tertiary/aromatic N) is 2. The van der Waals surface area contributed by atoms with Gasteiger partial charge in [0.15, 0.2) is 0 Å². The van der Waals surface area contributed by atoms with Crippen LogP contribution in [0.15, 0.2) is 41.2 Å². The Balaban J connectivity index is 1.59. The lowest BCUT2D eigenvalue weighted by atomic mass is 10.0. The number of unbranched alkanes of at least 4 members (excludes halogenated alkanes) is 4. The lowest BCUT2D eigenvalue weighted by molar-refractivity contribution is 0.0478. The Hall–Kier alpha value is -3.23. The Labute approximate surface area is 269 Å². The van der Waals surface area contributed by atoms with Gasteiger partial charge >= 0.3 is 11.9 Å². The molecule has 0 radical (unpaired) electrons. The van der Waals surface area contributed by atoms with Gasteiger partial charge in [-0.15, -0.1) is 0 Å². The molecule has 248 valence electrons. The molecule has 3 rings (SSSR count). The summed E-state index contributed by atoms with van der Waals surface area (Å²) < 4.78 is 11.1. The highest BCUT2D eigenvalue weighted by molar-refractivity contribution is 6.08. The largest absolute Gasteiger partial charge is 0.462 e. The second-order valence-corrected chi connectivity index (χ2v) is 12.1. The number of pyridine rings is 1. The fourth-order valence-electron chi connectivity index (χ4n) is 5.56. The summed E-state index contributed by atoms with van der Waals surface area (Å²) in [4.78, 5) is 46.4. The number of ether oxygens (including phenoxy) is 2. The van der Waals surface area contributed by atoms with Crippen molar-refractivity contribution < 1.29 is 19.1 Å². The fraction of sp³-hybridized carbons (Fsp3) is 0.595. The molecule has 8 heteroatoms. The van der Waals surface area contributed by atoms with E-state index in [1.807, 2.05) is 6.07 Å². The SMILES string of the molecule is CCCCN(CCCC)CCCOC(=O)c1ccc2c(c1)[nH]c(=O)c1cc(C(=O)OCCCN(CCCC)CCCC)ccc12. The molecule has 0 saturated heterocycles. The number of aromatic nitrogens is 1. The number of carbonyl (C=O) groups excluding carboxylic acids is 2. The van der Waals surface area contributed by atoms with Crippen LogP contribution in [0.5, 0.6) is 0 Å². The first-order chi connectivity index (χ1) is 21.9. The molecule has 8 nitrogen and oxygen atoms in total. The number of H-pyrrole nitrogens is 1. The van der Waals surface area contributed by atoms with E-state index in [2.05, 4.69) is 42.5 Å². The van der Waals surface area contributed by atoms with Crippen LogP contribution in [0.3, 0.4) is 0 Å². The fourth-order valence-corrected chi connectivity index (χ4v) is 5.56. The topological polar surface area (TPSA) is 91.9 Å². The molecule has 0 amide bonds. The first-order valence-electron chi connectivity index (χ1n) is 17.3. The molecule has 1 N–H and O–H groups in total. The zero-order valence-corrected chi connectivity index (χ0v) is 28.1. The van der Waals surface area contributed by atoms with E-state index in [-0.39, 0.29) is 5.56 Å². The van der Waals surface area contributed by atoms with Gasteiger partial charge in [0.2, 0.25) is 0 Å². The number of hydrogen-bond acceptors (Lipinski definition) is 7. The quantitative estimate of drug-likeness (QED) is 0.0702. The minimum Gasteiger partial charge on any atom is -0.462 e. The first-order valence-corrected chi connectivity index (χ1v) is 17.3. The van der Waals surface area contributed by atoms with Crippen LogP contribution in [0.2, 0.25) is 0 Å². The van der Waals surface area contributed by atoms with Crippen molar-refractivity contribution >= 4 is 33.6 Å². The van der Waals surface area contributed by atoms with Crippen LogP contribution < -0.4 is 5.56 Å². The summed E-state index contributed by atoms with van der Waals surface area (Å²) in [7, 11) is 0. The molecule has 0 spiro atoms. The molecular formula is C37H55N3O5. The van der Waals surface area contributed by atoms with Crippen LogP contribution in [0.4, 0.5) is 0 Å². The van der Waals surface area contributed by atoms with E-state index in [1.165, 1.54) is 51.4 Å². The Morgan fingerprint density at radius 1 is 0.578 bits per heavy atom. The third kappa shape index (κ3) is 11.6. The molecule has 0 aliphatic carbocycles. The van der Waals surface area contributed by atoms with Crippen molar-refractivity contribution in [1.82, 2.24) is 14.8 Å². The van der Waals surface area contributed by atoms with Gasteiger partial charge in [-0.25, -0.2) is 9.59 Å². The van der Waals surface area contributed by atoms with E-state index < -0.39 is 11.9 Å². The highest BCUT2D eigenvalue weighted by Gasteiger charge is 2.15. The second-order valence-electron chi connectivity index (χ2n) is 12.1. The second kappa shape index (κ2) is 20.0. The maximum atomic E-state index is 13.0. The predicted molar refractivity (Wildman–Crippen MR) is 184 cm³/mol. The molecular weight excluding hydrogens is 566 g/mol. The normalized spacial score (nSPS) is 11.6. The number of carbonyl (C=O) groups is 2. The molecule has 2 aromatic carbocycles. The maximum absolute atomic E-state index is 13.0. The summed E-state index contributed by atoms with van der Waals surface area (Å²) in [5.41, 5.74) is 0.983. The summed E-state index contributed by atoms with van der Waals surface area (Å²) in [6.45, 7) is 15.6. The molecule has 0 fully saturated rings. The highest BCUT2D eigenvalue weighted by atomic mass is 16.5. The molecule has 1 aromatic heterocycles. The highest BCUT2D eigenvalue weighted by Crippen LogP contribution is 2.24. The van der Waals surface area contributed by atoms with Gasteiger partial charge in [-0.05, 0) is 94.4 Å². The van der Waals surface area contributed by atoms with Gasteiger partial charge in [0, 0.05) is 29.4 Å². The van der Waals surface area contributed by atoms with Crippen molar-refractivity contribution in [3.8, 4) is 0 Å². The average Bonchev–Trinajstić information content (AvgIpc) is 3.06.